The van der Waals surface area contributed by atoms with Gasteiger partial charge in [0.15, 0.2) is 0 Å². The summed E-state index contributed by atoms with van der Waals surface area (Å²) >= 11 is 17.5. The number of carbonyl (C=O) groups excluding carboxylic acids is 1. The van der Waals surface area contributed by atoms with Gasteiger partial charge in [0.2, 0.25) is 0 Å². The van der Waals surface area contributed by atoms with E-state index in [4.69, 9.17) is 34.8 Å². The van der Waals surface area contributed by atoms with E-state index >= 15 is 0 Å². The van der Waals surface area contributed by atoms with Crippen molar-refractivity contribution < 1.29 is 18.0 Å². The molecule has 2 heterocycles. The molecule has 164 valence electrons. The highest BCUT2D eigenvalue weighted by atomic mass is 35.5. The fourth-order valence-electron chi connectivity index (χ4n) is 2.61. The third-order valence-corrected chi connectivity index (χ3v) is 5.15. The summed E-state index contributed by atoms with van der Waals surface area (Å²) in [6, 6.07) is 6.30. The quantitative estimate of drug-likeness (QED) is 0.361. The van der Waals surface area contributed by atoms with Gasteiger partial charge >= 0.3 is 5.92 Å². The van der Waals surface area contributed by atoms with E-state index in [0.717, 1.165) is 19.2 Å². The van der Waals surface area contributed by atoms with Gasteiger partial charge in [0, 0.05) is 23.0 Å². The van der Waals surface area contributed by atoms with E-state index in [2.05, 4.69) is 27.1 Å². The molecule has 4 nitrogen and oxygen atoms in total. The van der Waals surface area contributed by atoms with E-state index in [0.29, 0.717) is 0 Å². The molecular formula is C22H13Cl3F3N3O. The molecule has 1 unspecified atom stereocenters. The van der Waals surface area contributed by atoms with E-state index in [1.807, 2.05) is 0 Å². The Bertz CT molecular complexity index is 1240. The monoisotopic (exact) mass is 497 g/mol. The summed E-state index contributed by atoms with van der Waals surface area (Å²) in [6.07, 6.45) is 2.45. The third-order valence-electron chi connectivity index (χ3n) is 4.32. The number of alkyl halides is 2. The van der Waals surface area contributed by atoms with Gasteiger partial charge in [-0.2, -0.15) is 8.78 Å². The fraction of sp³-hybridized carbons (Fsp3) is 0.136. The van der Waals surface area contributed by atoms with Crippen LogP contribution in [0.15, 0.2) is 48.8 Å². The number of nitrogens with one attached hydrogen (secondary N) is 1. The van der Waals surface area contributed by atoms with E-state index in [1.165, 1.54) is 36.5 Å². The highest BCUT2D eigenvalue weighted by Crippen LogP contribution is 2.35. The highest BCUT2D eigenvalue weighted by Gasteiger charge is 2.43. The van der Waals surface area contributed by atoms with Crippen molar-refractivity contribution >= 4 is 40.7 Å². The number of benzene rings is 1. The van der Waals surface area contributed by atoms with Crippen molar-refractivity contribution in [2.24, 2.45) is 0 Å². The van der Waals surface area contributed by atoms with Crippen molar-refractivity contribution in [3.63, 3.8) is 0 Å². The molecule has 32 heavy (non-hydrogen) atoms. The summed E-state index contributed by atoms with van der Waals surface area (Å²) in [6.45, 7) is 1.11. The molecule has 10 heteroatoms. The smallest absolute Gasteiger partial charge is 0.310 e. The van der Waals surface area contributed by atoms with Crippen LogP contribution < -0.4 is 5.32 Å². The number of nitrogens with zero attached hydrogens (tertiary/aromatic N) is 2. The van der Waals surface area contributed by atoms with Gasteiger partial charge in [0.05, 0.1) is 22.2 Å². The predicted molar refractivity (Wildman–Crippen MR) is 117 cm³/mol. The van der Waals surface area contributed by atoms with Gasteiger partial charge in [0.1, 0.15) is 16.7 Å². The molecule has 0 aliphatic heterocycles. The normalized spacial score (nSPS) is 12.0. The maximum Gasteiger partial charge on any atom is 0.310 e. The van der Waals surface area contributed by atoms with Crippen LogP contribution in [0.3, 0.4) is 0 Å². The zero-order valence-electron chi connectivity index (χ0n) is 16.3. The molecule has 1 amide bonds. The van der Waals surface area contributed by atoms with Crippen molar-refractivity contribution in [3.05, 3.63) is 92.2 Å². The summed E-state index contributed by atoms with van der Waals surface area (Å²) in [7, 11) is 0. The molecular weight excluding hydrogens is 486 g/mol. The van der Waals surface area contributed by atoms with Crippen LogP contribution in [0.25, 0.3) is 0 Å². The molecule has 0 spiro atoms. The second kappa shape index (κ2) is 9.78. The van der Waals surface area contributed by atoms with Gasteiger partial charge in [-0.3, -0.25) is 9.78 Å². The van der Waals surface area contributed by atoms with Crippen molar-refractivity contribution in [1.82, 2.24) is 15.3 Å². The molecule has 3 aromatic rings. The topological polar surface area (TPSA) is 54.9 Å². The average molecular weight is 499 g/mol. The van der Waals surface area contributed by atoms with Gasteiger partial charge in [-0.1, -0.05) is 46.6 Å². The first kappa shape index (κ1) is 23.9. The molecule has 1 atom stereocenters. The maximum absolute atomic E-state index is 15.0. The number of pyridine rings is 2. The average Bonchev–Trinajstić information content (AvgIpc) is 2.73. The number of amides is 1. The van der Waals surface area contributed by atoms with Gasteiger partial charge < -0.3 is 5.32 Å². The highest BCUT2D eigenvalue weighted by molar-refractivity contribution is 6.32. The van der Waals surface area contributed by atoms with Crippen LogP contribution in [0, 0.1) is 17.7 Å². The zero-order valence-corrected chi connectivity index (χ0v) is 18.5. The molecule has 1 N–H and O–H groups in total. The molecule has 1 aromatic carbocycles. The lowest BCUT2D eigenvalue weighted by Crippen LogP contribution is -2.44. The number of hydrogen-bond donors (Lipinski definition) is 1. The Balaban J connectivity index is 1.80. The Hall–Kier alpha value is -2.79. The first-order valence-corrected chi connectivity index (χ1v) is 10.1. The lowest BCUT2D eigenvalue weighted by atomic mass is 10.1. The summed E-state index contributed by atoms with van der Waals surface area (Å²) < 4.78 is 43.7. The van der Waals surface area contributed by atoms with E-state index in [9.17, 15) is 18.0 Å². The van der Waals surface area contributed by atoms with Gasteiger partial charge in [0.25, 0.3) is 5.91 Å². The molecule has 0 bridgehead atoms. The third kappa shape index (κ3) is 5.33. The van der Waals surface area contributed by atoms with Gasteiger partial charge in [-0.05, 0) is 43.3 Å². The van der Waals surface area contributed by atoms with Crippen LogP contribution in [0.1, 0.15) is 34.1 Å². The number of halogens is 6. The molecule has 0 aliphatic carbocycles. The van der Waals surface area contributed by atoms with Crippen molar-refractivity contribution in [2.75, 3.05) is 0 Å². The van der Waals surface area contributed by atoms with Crippen LogP contribution >= 0.6 is 34.8 Å². The molecule has 0 saturated carbocycles. The molecule has 0 radical (unpaired) electrons. The molecule has 0 fully saturated rings. The summed E-state index contributed by atoms with van der Waals surface area (Å²) in [5.41, 5.74) is -0.517. The van der Waals surface area contributed by atoms with E-state index in [1.54, 1.807) is 0 Å². The lowest BCUT2D eigenvalue weighted by Gasteiger charge is -2.25. The van der Waals surface area contributed by atoms with Crippen molar-refractivity contribution in [2.45, 2.75) is 18.9 Å². The van der Waals surface area contributed by atoms with Gasteiger partial charge in [-0.15, -0.1) is 0 Å². The largest absolute Gasteiger partial charge is 0.343 e. The number of rotatable bonds is 4. The fourth-order valence-corrected chi connectivity index (χ4v) is 3.26. The zero-order chi connectivity index (χ0) is 23.5. The molecule has 3 rings (SSSR count). The standard InChI is InChI=1S/C22H13Cl3F3N3O/c1-12(31-21(32)16-3-2-8-29-20(16)25)22(27,28)19-17(24)9-13(11-30-19)4-5-14-6-7-15(23)10-18(14)26/h2-3,6-12H,1H3,(H,31,32). The predicted octanol–water partition coefficient (Wildman–Crippen LogP) is 5.89. The lowest BCUT2D eigenvalue weighted by molar-refractivity contribution is -0.0395. The minimum atomic E-state index is -3.62. The summed E-state index contributed by atoms with van der Waals surface area (Å²) in [5.74, 6) is 0.127. The number of aromatic nitrogens is 2. The van der Waals surface area contributed by atoms with Crippen molar-refractivity contribution in [3.8, 4) is 11.8 Å². The van der Waals surface area contributed by atoms with Crippen LogP contribution in [0.5, 0.6) is 0 Å². The Morgan fingerprint density at radius 2 is 1.88 bits per heavy atom. The first-order chi connectivity index (χ1) is 15.1. The summed E-state index contributed by atoms with van der Waals surface area (Å²) in [4.78, 5) is 19.8. The van der Waals surface area contributed by atoms with E-state index < -0.39 is 29.4 Å². The van der Waals surface area contributed by atoms with Crippen LogP contribution in [0.4, 0.5) is 13.2 Å². The number of carbonyl (C=O) groups is 1. The van der Waals surface area contributed by atoms with Crippen LogP contribution in [-0.2, 0) is 5.92 Å². The van der Waals surface area contributed by atoms with Crippen LogP contribution in [-0.4, -0.2) is 21.9 Å². The maximum atomic E-state index is 15.0. The Morgan fingerprint density at radius 1 is 1.12 bits per heavy atom. The Morgan fingerprint density at radius 3 is 2.53 bits per heavy atom. The molecule has 0 saturated heterocycles. The first-order valence-electron chi connectivity index (χ1n) is 9.02. The second-order valence-electron chi connectivity index (χ2n) is 6.59. The van der Waals surface area contributed by atoms with Crippen molar-refractivity contribution in [1.29, 1.82) is 0 Å². The molecule has 2 aromatic heterocycles. The second-order valence-corrected chi connectivity index (χ2v) is 7.79. The Labute approximate surface area is 196 Å². The minimum Gasteiger partial charge on any atom is -0.343 e. The Kier molecular flexibility index (Phi) is 7.29. The number of hydrogen-bond acceptors (Lipinski definition) is 3. The minimum absolute atomic E-state index is 0.0454. The van der Waals surface area contributed by atoms with Crippen LogP contribution in [0.2, 0.25) is 15.2 Å². The SMILES string of the molecule is CC(NC(=O)c1cccnc1Cl)C(F)(F)c1ncc(C#Cc2ccc(Cl)cc2F)cc1Cl. The van der Waals surface area contributed by atoms with Gasteiger partial charge in [-0.25, -0.2) is 9.37 Å². The van der Waals surface area contributed by atoms with E-state index in [-0.39, 0.29) is 31.9 Å². The molecule has 0 aliphatic rings. The summed E-state index contributed by atoms with van der Waals surface area (Å²) in [5, 5.41) is 1.93.